The zero-order chi connectivity index (χ0) is 4.12. The molecule has 0 amide bonds. The van der Waals surface area contributed by atoms with Crippen LogP contribution in [0, 0.1) is 6.92 Å². The Balaban J connectivity index is 0. The fourth-order valence-electron chi connectivity index (χ4n) is 0.250. The van der Waals surface area contributed by atoms with E-state index >= 15 is 0 Å². The number of hydrogen-bond donors (Lipinski definition) is 0. The third-order valence-corrected chi connectivity index (χ3v) is 0.604. The molecule has 0 bridgehead atoms. The van der Waals surface area contributed by atoms with E-state index in [-0.39, 0.29) is 29.6 Å². The van der Waals surface area contributed by atoms with Crippen molar-refractivity contribution in [2.24, 2.45) is 0 Å². The van der Waals surface area contributed by atoms with Gasteiger partial charge in [0.15, 0.2) is 0 Å². The van der Waals surface area contributed by atoms with E-state index in [2.05, 4.69) is 13.8 Å². The molecular weight excluding hydrogens is 83.0 g/mol. The fraction of sp³-hybridized carbons (Fsp3) is 0.800. The molecule has 0 rings (SSSR count). The molecule has 0 aromatic rings. The first-order valence-electron chi connectivity index (χ1n) is 2.21. The standard InChI is InChI=1S/C5H11.Na.H/c1-3-5-4-2;;/h1,3-5H2,2H3;;. The topological polar surface area (TPSA) is 0 Å². The third kappa shape index (κ3) is 8.89. The SMILES string of the molecule is [CH2]CCCC.[NaH]. The Kier molecular flexibility index (Phi) is 15.8. The van der Waals surface area contributed by atoms with Gasteiger partial charge < -0.3 is 0 Å². The Morgan fingerprint density at radius 3 is 2.00 bits per heavy atom. The van der Waals surface area contributed by atoms with Crippen LogP contribution in [0.5, 0.6) is 0 Å². The maximum atomic E-state index is 3.68. The number of rotatable bonds is 2. The monoisotopic (exact) mass is 95.1 g/mol. The quantitative estimate of drug-likeness (QED) is 0.454. The Morgan fingerprint density at radius 1 is 1.50 bits per heavy atom. The van der Waals surface area contributed by atoms with Crippen LogP contribution in [-0.2, 0) is 0 Å². The first-order chi connectivity index (χ1) is 2.41. The molecule has 0 saturated heterocycles. The van der Waals surface area contributed by atoms with Gasteiger partial charge in [0.1, 0.15) is 0 Å². The van der Waals surface area contributed by atoms with Gasteiger partial charge in [0.05, 0.1) is 0 Å². The van der Waals surface area contributed by atoms with E-state index in [9.17, 15) is 0 Å². The minimum absolute atomic E-state index is 0. The molecule has 0 aliphatic rings. The van der Waals surface area contributed by atoms with Crippen LogP contribution in [0.15, 0.2) is 0 Å². The zero-order valence-corrected chi connectivity index (χ0v) is 3.83. The summed E-state index contributed by atoms with van der Waals surface area (Å²) in [6, 6.07) is 0. The van der Waals surface area contributed by atoms with Crippen molar-refractivity contribution in [3.8, 4) is 0 Å². The van der Waals surface area contributed by atoms with Crippen LogP contribution in [0.4, 0.5) is 0 Å². The van der Waals surface area contributed by atoms with Crippen LogP contribution in [0.1, 0.15) is 26.2 Å². The summed E-state index contributed by atoms with van der Waals surface area (Å²) in [5.74, 6) is 0. The van der Waals surface area contributed by atoms with Gasteiger partial charge in [-0.2, -0.15) is 0 Å². The van der Waals surface area contributed by atoms with Gasteiger partial charge in [0.25, 0.3) is 0 Å². The van der Waals surface area contributed by atoms with Crippen molar-refractivity contribution < 1.29 is 0 Å². The first-order valence-corrected chi connectivity index (χ1v) is 2.21. The molecule has 0 aromatic carbocycles. The van der Waals surface area contributed by atoms with Crippen LogP contribution in [0.3, 0.4) is 0 Å². The van der Waals surface area contributed by atoms with Crippen molar-refractivity contribution >= 4 is 29.6 Å². The van der Waals surface area contributed by atoms with Crippen LogP contribution in [0.2, 0.25) is 0 Å². The molecule has 33 valence electrons. The van der Waals surface area contributed by atoms with Gasteiger partial charge in [-0.05, 0) is 0 Å². The molecule has 0 heterocycles. The molecule has 1 heteroatoms. The number of unbranched alkanes of at least 4 members (excludes halogenated alkanes) is 2. The normalized spacial score (nSPS) is 7.00. The second-order valence-electron chi connectivity index (χ2n) is 1.21. The first kappa shape index (κ1) is 10.1. The molecule has 0 aromatic heterocycles. The van der Waals surface area contributed by atoms with Crippen molar-refractivity contribution in [3.05, 3.63) is 6.92 Å². The molecule has 0 nitrogen and oxygen atoms in total. The van der Waals surface area contributed by atoms with Crippen molar-refractivity contribution in [2.45, 2.75) is 26.2 Å². The van der Waals surface area contributed by atoms with E-state index in [1.54, 1.807) is 0 Å². The van der Waals surface area contributed by atoms with Gasteiger partial charge in [-0.15, -0.1) is 0 Å². The van der Waals surface area contributed by atoms with E-state index in [1.807, 2.05) is 0 Å². The van der Waals surface area contributed by atoms with Gasteiger partial charge in [-0.25, -0.2) is 0 Å². The van der Waals surface area contributed by atoms with Crippen LogP contribution < -0.4 is 0 Å². The predicted octanol–water partition coefficient (Wildman–Crippen LogP) is 1.36. The van der Waals surface area contributed by atoms with Crippen molar-refractivity contribution in [2.75, 3.05) is 0 Å². The molecule has 0 N–H and O–H groups in total. The van der Waals surface area contributed by atoms with Gasteiger partial charge >= 0.3 is 29.6 Å². The molecule has 1 radical (unpaired) electrons. The van der Waals surface area contributed by atoms with E-state index in [4.69, 9.17) is 0 Å². The van der Waals surface area contributed by atoms with E-state index in [0.29, 0.717) is 0 Å². The second kappa shape index (κ2) is 9.38. The summed E-state index contributed by atoms with van der Waals surface area (Å²) in [5, 5.41) is 0. The number of hydrogen-bond acceptors (Lipinski definition) is 0. The Bertz CT molecular complexity index is 11.4. The molecular formula is C5H12Na. The van der Waals surface area contributed by atoms with Gasteiger partial charge in [0.2, 0.25) is 0 Å². The van der Waals surface area contributed by atoms with E-state index in [1.165, 1.54) is 12.8 Å². The van der Waals surface area contributed by atoms with Crippen molar-refractivity contribution in [3.63, 3.8) is 0 Å². The Morgan fingerprint density at radius 2 is 2.00 bits per heavy atom. The Hall–Kier alpha value is 1.00. The second-order valence-corrected chi connectivity index (χ2v) is 1.21. The van der Waals surface area contributed by atoms with Crippen molar-refractivity contribution in [1.29, 1.82) is 0 Å². The molecule has 0 aliphatic carbocycles. The molecule has 0 atom stereocenters. The molecule has 0 unspecified atom stereocenters. The summed E-state index contributed by atoms with van der Waals surface area (Å²) in [6.45, 7) is 5.85. The van der Waals surface area contributed by atoms with Crippen LogP contribution in [-0.4, -0.2) is 29.6 Å². The fourth-order valence-corrected chi connectivity index (χ4v) is 0.250. The Labute approximate surface area is 62.6 Å². The summed E-state index contributed by atoms with van der Waals surface area (Å²) in [6.07, 6.45) is 3.65. The average Bonchev–Trinajstić information content (AvgIpc) is 1.41. The van der Waals surface area contributed by atoms with Gasteiger partial charge in [-0.3, -0.25) is 0 Å². The predicted molar refractivity (Wildman–Crippen MR) is 32.0 cm³/mol. The van der Waals surface area contributed by atoms with Crippen molar-refractivity contribution in [1.82, 2.24) is 0 Å². The summed E-state index contributed by atoms with van der Waals surface area (Å²) in [7, 11) is 0. The van der Waals surface area contributed by atoms with Gasteiger partial charge in [0, 0.05) is 0 Å². The van der Waals surface area contributed by atoms with Crippen LogP contribution >= 0.6 is 0 Å². The summed E-state index contributed by atoms with van der Waals surface area (Å²) >= 11 is 0. The molecule has 0 aliphatic heterocycles. The summed E-state index contributed by atoms with van der Waals surface area (Å²) in [5.41, 5.74) is 0. The van der Waals surface area contributed by atoms with E-state index < -0.39 is 0 Å². The zero-order valence-electron chi connectivity index (χ0n) is 3.83. The van der Waals surface area contributed by atoms with Gasteiger partial charge in [-0.1, -0.05) is 33.1 Å². The summed E-state index contributed by atoms with van der Waals surface area (Å²) < 4.78 is 0. The summed E-state index contributed by atoms with van der Waals surface area (Å²) in [4.78, 5) is 0. The maximum absolute atomic E-state index is 3.68. The molecule has 0 fully saturated rings. The molecule has 6 heavy (non-hydrogen) atoms. The average molecular weight is 95.1 g/mol. The molecule has 0 saturated carbocycles. The van der Waals surface area contributed by atoms with E-state index in [0.717, 1.165) is 6.42 Å². The van der Waals surface area contributed by atoms with Crippen LogP contribution in [0.25, 0.3) is 0 Å². The minimum atomic E-state index is 0. The molecule has 0 spiro atoms. The third-order valence-electron chi connectivity index (χ3n) is 0.604.